The lowest BCUT2D eigenvalue weighted by atomic mass is 10.2. The average Bonchev–Trinajstić information content (AvgIpc) is 2.50. The minimum Gasteiger partial charge on any atom is -0.493 e. The highest BCUT2D eigenvalue weighted by molar-refractivity contribution is 7.97. The number of nitrogens with zero attached hydrogens (tertiary/aromatic N) is 3. The van der Waals surface area contributed by atoms with Gasteiger partial charge in [-0.15, -0.1) is 0 Å². The Balaban J connectivity index is 2.13. The fourth-order valence-electron chi connectivity index (χ4n) is 2.13. The van der Waals surface area contributed by atoms with Crippen molar-refractivity contribution in [2.75, 3.05) is 39.8 Å². The van der Waals surface area contributed by atoms with Crippen molar-refractivity contribution in [2.24, 2.45) is 10.9 Å². The molecule has 1 heterocycles. The molecule has 1 aromatic rings. The molecule has 0 saturated carbocycles. The van der Waals surface area contributed by atoms with E-state index in [1.165, 1.54) is 0 Å². The van der Waals surface area contributed by atoms with Crippen LogP contribution in [0.15, 0.2) is 28.3 Å². The molecule has 1 aliphatic rings. The Labute approximate surface area is 129 Å². The van der Waals surface area contributed by atoms with Gasteiger partial charge in [0.05, 0.1) is 12.2 Å². The SMILES string of the molecule is CCOc1ccc(SN2CCN(C)CC2)cc1C(N)=NO. The highest BCUT2D eigenvalue weighted by Crippen LogP contribution is 2.29. The van der Waals surface area contributed by atoms with Gasteiger partial charge in [0.25, 0.3) is 0 Å². The third kappa shape index (κ3) is 4.26. The molecule has 116 valence electrons. The van der Waals surface area contributed by atoms with E-state index in [0.717, 1.165) is 31.1 Å². The molecular weight excluding hydrogens is 288 g/mol. The second-order valence-corrected chi connectivity index (χ2v) is 6.07. The van der Waals surface area contributed by atoms with E-state index in [0.29, 0.717) is 17.9 Å². The van der Waals surface area contributed by atoms with Crippen molar-refractivity contribution in [2.45, 2.75) is 11.8 Å². The molecule has 0 aliphatic carbocycles. The number of hydrogen-bond donors (Lipinski definition) is 2. The molecular formula is C14H22N4O2S. The summed E-state index contributed by atoms with van der Waals surface area (Å²) in [5, 5.41) is 12.0. The quantitative estimate of drug-likeness (QED) is 0.282. The summed E-state index contributed by atoms with van der Waals surface area (Å²) in [5.41, 5.74) is 6.36. The molecule has 0 radical (unpaired) electrons. The monoisotopic (exact) mass is 310 g/mol. The summed E-state index contributed by atoms with van der Waals surface area (Å²) < 4.78 is 7.84. The Morgan fingerprint density at radius 1 is 1.38 bits per heavy atom. The van der Waals surface area contributed by atoms with Crippen LogP contribution >= 0.6 is 11.9 Å². The van der Waals surface area contributed by atoms with Gasteiger partial charge in [-0.1, -0.05) is 5.16 Å². The number of ether oxygens (including phenoxy) is 1. The average molecular weight is 310 g/mol. The number of hydrogen-bond acceptors (Lipinski definition) is 6. The first-order chi connectivity index (χ1) is 10.1. The predicted molar refractivity (Wildman–Crippen MR) is 85.0 cm³/mol. The van der Waals surface area contributed by atoms with Gasteiger partial charge in [0, 0.05) is 31.1 Å². The molecule has 1 fully saturated rings. The van der Waals surface area contributed by atoms with Crippen LogP contribution in [0, 0.1) is 0 Å². The fraction of sp³-hybridized carbons (Fsp3) is 0.500. The van der Waals surface area contributed by atoms with Gasteiger partial charge in [-0.05, 0) is 44.1 Å². The van der Waals surface area contributed by atoms with Crippen LogP contribution in [0.1, 0.15) is 12.5 Å². The molecule has 7 heteroatoms. The Kier molecular flexibility index (Phi) is 5.72. The van der Waals surface area contributed by atoms with Gasteiger partial charge in [0.2, 0.25) is 0 Å². The van der Waals surface area contributed by atoms with Gasteiger partial charge in [-0.2, -0.15) is 0 Å². The first kappa shape index (κ1) is 15.9. The van der Waals surface area contributed by atoms with Crippen molar-refractivity contribution in [1.82, 2.24) is 9.21 Å². The Bertz CT molecular complexity index is 502. The van der Waals surface area contributed by atoms with E-state index < -0.39 is 0 Å². The normalized spacial score (nSPS) is 17.9. The van der Waals surface area contributed by atoms with Crippen LogP contribution in [0.4, 0.5) is 0 Å². The largest absolute Gasteiger partial charge is 0.493 e. The number of nitrogens with two attached hydrogens (primary N) is 1. The summed E-state index contributed by atoms with van der Waals surface area (Å²) in [6.07, 6.45) is 0. The lowest BCUT2D eigenvalue weighted by Gasteiger charge is -2.31. The van der Waals surface area contributed by atoms with Gasteiger partial charge < -0.3 is 20.6 Å². The fourth-order valence-corrected chi connectivity index (χ4v) is 3.07. The molecule has 21 heavy (non-hydrogen) atoms. The third-order valence-electron chi connectivity index (χ3n) is 3.33. The first-order valence-corrected chi connectivity index (χ1v) is 7.77. The Morgan fingerprint density at radius 2 is 2.10 bits per heavy atom. The maximum atomic E-state index is 8.91. The molecule has 0 spiro atoms. The Hall–Kier alpha value is -1.44. The van der Waals surface area contributed by atoms with Crippen LogP contribution in [-0.2, 0) is 0 Å². The molecule has 1 aromatic carbocycles. The number of likely N-dealkylation sites (N-methyl/N-ethyl adjacent to an activating group) is 1. The number of piperazine rings is 1. The molecule has 2 rings (SSSR count). The third-order valence-corrected chi connectivity index (χ3v) is 4.42. The van der Waals surface area contributed by atoms with Crippen molar-refractivity contribution in [1.29, 1.82) is 0 Å². The zero-order valence-corrected chi connectivity index (χ0v) is 13.3. The molecule has 1 aliphatic heterocycles. The lowest BCUT2D eigenvalue weighted by Crippen LogP contribution is -2.40. The van der Waals surface area contributed by atoms with Gasteiger partial charge >= 0.3 is 0 Å². The summed E-state index contributed by atoms with van der Waals surface area (Å²) in [6.45, 7) is 6.62. The van der Waals surface area contributed by atoms with Crippen LogP contribution in [0.3, 0.4) is 0 Å². The van der Waals surface area contributed by atoms with Crippen LogP contribution in [0.5, 0.6) is 5.75 Å². The summed E-state index contributed by atoms with van der Waals surface area (Å²) in [5.74, 6) is 0.704. The summed E-state index contributed by atoms with van der Waals surface area (Å²) in [7, 11) is 2.13. The van der Waals surface area contributed by atoms with Crippen molar-refractivity contribution in [3.05, 3.63) is 23.8 Å². The van der Waals surface area contributed by atoms with Crippen molar-refractivity contribution in [3.8, 4) is 5.75 Å². The highest BCUT2D eigenvalue weighted by Gasteiger charge is 2.16. The van der Waals surface area contributed by atoms with Gasteiger partial charge in [-0.3, -0.25) is 0 Å². The molecule has 0 atom stereocenters. The van der Waals surface area contributed by atoms with Gasteiger partial charge in [0.1, 0.15) is 5.75 Å². The minimum absolute atomic E-state index is 0.0688. The second kappa shape index (κ2) is 7.53. The van der Waals surface area contributed by atoms with E-state index in [1.807, 2.05) is 25.1 Å². The van der Waals surface area contributed by atoms with Gasteiger partial charge in [0.15, 0.2) is 5.84 Å². The zero-order valence-electron chi connectivity index (χ0n) is 12.5. The number of amidine groups is 1. The maximum absolute atomic E-state index is 8.91. The van der Waals surface area contributed by atoms with Crippen LogP contribution < -0.4 is 10.5 Å². The van der Waals surface area contributed by atoms with E-state index >= 15 is 0 Å². The molecule has 1 saturated heterocycles. The molecule has 0 amide bonds. The summed E-state index contributed by atoms with van der Waals surface area (Å²) in [4.78, 5) is 3.38. The summed E-state index contributed by atoms with van der Waals surface area (Å²) >= 11 is 1.69. The summed E-state index contributed by atoms with van der Waals surface area (Å²) in [6, 6.07) is 5.78. The maximum Gasteiger partial charge on any atom is 0.173 e. The molecule has 0 unspecified atom stereocenters. The van der Waals surface area contributed by atoms with Crippen molar-refractivity contribution in [3.63, 3.8) is 0 Å². The Morgan fingerprint density at radius 3 is 2.71 bits per heavy atom. The van der Waals surface area contributed by atoms with Crippen molar-refractivity contribution >= 4 is 17.8 Å². The standard InChI is InChI=1S/C14H22N4O2S/c1-3-20-13-5-4-11(10-12(13)14(15)16-19)21-18-8-6-17(2)7-9-18/h4-5,10,19H,3,6-9H2,1-2H3,(H2,15,16). The van der Waals surface area contributed by atoms with Crippen LogP contribution in [0.25, 0.3) is 0 Å². The molecule has 6 nitrogen and oxygen atoms in total. The highest BCUT2D eigenvalue weighted by atomic mass is 32.2. The van der Waals surface area contributed by atoms with Gasteiger partial charge in [-0.25, -0.2) is 4.31 Å². The molecule has 3 N–H and O–H groups in total. The molecule has 0 aromatic heterocycles. The van der Waals surface area contributed by atoms with Crippen LogP contribution in [0.2, 0.25) is 0 Å². The second-order valence-electron chi connectivity index (χ2n) is 4.90. The van der Waals surface area contributed by atoms with E-state index in [-0.39, 0.29) is 5.84 Å². The lowest BCUT2D eigenvalue weighted by molar-refractivity contribution is 0.233. The number of benzene rings is 1. The number of rotatable bonds is 5. The topological polar surface area (TPSA) is 74.3 Å². The van der Waals surface area contributed by atoms with Crippen molar-refractivity contribution < 1.29 is 9.94 Å². The van der Waals surface area contributed by atoms with Crippen LogP contribution in [-0.4, -0.2) is 60.1 Å². The first-order valence-electron chi connectivity index (χ1n) is 7.00. The number of oxime groups is 1. The van der Waals surface area contributed by atoms with E-state index in [1.54, 1.807) is 11.9 Å². The van der Waals surface area contributed by atoms with E-state index in [4.69, 9.17) is 15.7 Å². The minimum atomic E-state index is 0.0688. The smallest absolute Gasteiger partial charge is 0.173 e. The van der Waals surface area contributed by atoms with E-state index in [2.05, 4.69) is 21.4 Å². The zero-order chi connectivity index (χ0) is 15.2. The molecule has 0 bridgehead atoms. The van der Waals surface area contributed by atoms with E-state index in [9.17, 15) is 0 Å². The predicted octanol–water partition coefficient (Wildman–Crippen LogP) is 1.43.